The van der Waals surface area contributed by atoms with Crippen molar-refractivity contribution in [3.05, 3.63) is 150 Å². The van der Waals surface area contributed by atoms with E-state index in [1.807, 2.05) is 0 Å². The van der Waals surface area contributed by atoms with Crippen molar-refractivity contribution >= 4 is 76.0 Å². The number of nitrogens with two attached hydrogens (primary N) is 1. The van der Waals surface area contributed by atoms with Crippen molar-refractivity contribution in [3.8, 4) is 11.5 Å². The van der Waals surface area contributed by atoms with Crippen LogP contribution in [-0.2, 0) is 84.8 Å². The largest absolute Gasteiger partial charge is 0.508 e. The van der Waals surface area contributed by atoms with Crippen LogP contribution in [0, 0.1) is 0 Å². The number of hydrogen-bond donors (Lipinski definition) is 16. The van der Waals surface area contributed by atoms with Gasteiger partial charge >= 0.3 is 11.9 Å². The predicted octanol–water partition coefficient (Wildman–Crippen LogP) is -2.02. The molecule has 85 heavy (non-hydrogen) atoms. The third-order valence-corrected chi connectivity index (χ3v) is 13.1. The summed E-state index contributed by atoms with van der Waals surface area (Å²) in [6.45, 7) is -0.908. The number of nitrogens with zero attached hydrogens (tertiary/aromatic N) is 1. The van der Waals surface area contributed by atoms with Gasteiger partial charge in [0.25, 0.3) is 0 Å². The van der Waals surface area contributed by atoms with E-state index in [1.54, 1.807) is 60.8 Å². The maximum absolute atomic E-state index is 14.8. The molecule has 2 heterocycles. The molecule has 9 amide bonds. The van der Waals surface area contributed by atoms with Crippen LogP contribution < -0.4 is 53.6 Å². The van der Waals surface area contributed by atoms with Crippen LogP contribution in [0.5, 0.6) is 11.5 Å². The van der Waals surface area contributed by atoms with E-state index in [1.165, 1.54) is 68.0 Å². The zero-order valence-corrected chi connectivity index (χ0v) is 45.8. The molecule has 0 spiro atoms. The van der Waals surface area contributed by atoms with Crippen molar-refractivity contribution in [2.75, 3.05) is 19.6 Å². The Bertz CT molecular complexity index is 3320. The number of carbonyl (C=O) groups is 11. The number of phenolic OH excluding ortho intramolecular Hbond substituents is 2. The molecular formula is C57H65N13O15. The first kappa shape index (κ1) is 63.5. The molecule has 17 N–H and O–H groups in total. The van der Waals surface area contributed by atoms with E-state index in [4.69, 9.17) is 5.73 Å². The Balaban J connectivity index is 1.15. The molecule has 6 aromatic rings. The summed E-state index contributed by atoms with van der Waals surface area (Å²) >= 11 is 0. The summed E-state index contributed by atoms with van der Waals surface area (Å²) in [7, 11) is 0. The Morgan fingerprint density at radius 2 is 0.988 bits per heavy atom. The highest BCUT2D eigenvalue weighted by atomic mass is 16.4. The zero-order chi connectivity index (χ0) is 61.6. The highest BCUT2D eigenvalue weighted by Gasteiger charge is 2.33. The molecule has 0 aliphatic carbocycles. The molecule has 0 fully saturated rings. The minimum atomic E-state index is -1.78. The van der Waals surface area contributed by atoms with E-state index in [0.717, 1.165) is 0 Å². The molecule has 0 aliphatic heterocycles. The van der Waals surface area contributed by atoms with E-state index in [9.17, 15) is 73.2 Å². The van der Waals surface area contributed by atoms with Crippen LogP contribution in [0.2, 0.25) is 0 Å². The van der Waals surface area contributed by atoms with Gasteiger partial charge in [-0.3, -0.25) is 47.9 Å². The normalized spacial score (nSPS) is 13.4. The summed E-state index contributed by atoms with van der Waals surface area (Å²) in [6.07, 6.45) is 2.85. The molecule has 28 nitrogen and oxygen atoms in total. The molecule has 0 saturated heterocycles. The number of aliphatic carboxylic acids is 2. The quantitative estimate of drug-likeness (QED) is 0.0223. The highest BCUT2D eigenvalue weighted by molar-refractivity contribution is 5.98. The fraction of sp³-hybridized carbons (Fsp3) is 0.298. The Morgan fingerprint density at radius 3 is 1.58 bits per heavy atom. The molecule has 448 valence electrons. The Morgan fingerprint density at radius 1 is 0.494 bits per heavy atom. The van der Waals surface area contributed by atoms with Gasteiger partial charge in [-0.25, -0.2) is 9.78 Å². The number of aromatic amines is 2. The third-order valence-electron chi connectivity index (χ3n) is 13.1. The van der Waals surface area contributed by atoms with Crippen LogP contribution in [0.15, 0.2) is 122 Å². The molecular weight excluding hydrogens is 1110 g/mol. The number of amides is 9. The fourth-order valence-electron chi connectivity index (χ4n) is 8.59. The second-order valence-corrected chi connectivity index (χ2v) is 19.7. The van der Waals surface area contributed by atoms with Gasteiger partial charge in [0, 0.05) is 61.1 Å². The number of benzene rings is 4. The number of imidazole rings is 1. The summed E-state index contributed by atoms with van der Waals surface area (Å²) in [6, 6.07) is 16.8. The number of para-hydroxylation sites is 1. The average molecular weight is 1170 g/mol. The maximum Gasteiger partial charge on any atom is 0.326 e. The Kier molecular flexibility index (Phi) is 23.2. The van der Waals surface area contributed by atoms with Crippen molar-refractivity contribution in [2.45, 2.75) is 87.7 Å². The van der Waals surface area contributed by atoms with Crippen molar-refractivity contribution < 1.29 is 73.2 Å². The first-order valence-corrected chi connectivity index (χ1v) is 26.5. The second-order valence-electron chi connectivity index (χ2n) is 19.7. The van der Waals surface area contributed by atoms with Gasteiger partial charge in [-0.1, -0.05) is 72.8 Å². The smallest absolute Gasteiger partial charge is 0.326 e. The van der Waals surface area contributed by atoms with Gasteiger partial charge in [0.2, 0.25) is 53.2 Å². The topological polar surface area (TPSA) is 447 Å². The van der Waals surface area contributed by atoms with Crippen LogP contribution in [-0.4, -0.2) is 162 Å². The van der Waals surface area contributed by atoms with Crippen LogP contribution >= 0.6 is 0 Å². The minimum Gasteiger partial charge on any atom is -0.508 e. The Hall–Kier alpha value is -10.6. The number of aromatic nitrogens is 3. The lowest BCUT2D eigenvalue weighted by molar-refractivity contribution is -0.142. The van der Waals surface area contributed by atoms with E-state index in [-0.39, 0.29) is 43.6 Å². The minimum absolute atomic E-state index is 0.0473. The number of carboxylic acid groups (broad SMARTS) is 2. The van der Waals surface area contributed by atoms with Crippen molar-refractivity contribution in [3.63, 3.8) is 0 Å². The molecule has 4 aromatic carbocycles. The molecule has 28 heteroatoms. The lowest BCUT2D eigenvalue weighted by Crippen LogP contribution is -2.60. The lowest BCUT2D eigenvalue weighted by Gasteiger charge is -2.26. The van der Waals surface area contributed by atoms with Gasteiger partial charge in [0.05, 0.1) is 38.4 Å². The van der Waals surface area contributed by atoms with Gasteiger partial charge < -0.3 is 84.0 Å². The number of H-pyrrole nitrogens is 2. The van der Waals surface area contributed by atoms with E-state index in [0.29, 0.717) is 38.9 Å². The van der Waals surface area contributed by atoms with E-state index in [2.05, 4.69) is 62.8 Å². The van der Waals surface area contributed by atoms with Gasteiger partial charge in [-0.05, 0) is 59.5 Å². The average Bonchev–Trinajstić information content (AvgIpc) is 4.28. The summed E-state index contributed by atoms with van der Waals surface area (Å²) in [5, 5.41) is 61.7. The summed E-state index contributed by atoms with van der Waals surface area (Å²) < 4.78 is 0. The SMILES string of the molecule is C[C@H](NC(=O)[C@H](Cc1ccccc1)NC(=O)[C@H](Cc1c[nH]c2ccccc12)NC(=O)[C@H](Cc1ccc(O)cc1)NC(=O)CNC(=O)[C@H](CC(=O)O)NC(=O)CNC(=O)CNC(=O)[C@@H](N)Cc1cnc[nH]1)C(=O)N[C@@H](Cc1ccc(O)cc1)C(=O)O. The Labute approximate surface area is 484 Å². The van der Waals surface area contributed by atoms with Gasteiger partial charge in [0.15, 0.2) is 0 Å². The number of carboxylic acids is 2. The van der Waals surface area contributed by atoms with E-state index >= 15 is 0 Å². The molecule has 0 radical (unpaired) electrons. The van der Waals surface area contributed by atoms with Crippen LogP contribution in [0.3, 0.4) is 0 Å². The number of rotatable bonds is 31. The van der Waals surface area contributed by atoms with Gasteiger partial charge in [-0.15, -0.1) is 0 Å². The summed E-state index contributed by atoms with van der Waals surface area (Å²) in [5.41, 5.74) is 9.13. The zero-order valence-electron chi connectivity index (χ0n) is 45.8. The molecule has 0 aliphatic rings. The molecule has 2 aromatic heterocycles. The molecule has 7 atom stereocenters. The summed E-state index contributed by atoms with van der Waals surface area (Å²) in [4.78, 5) is 155. The fourth-order valence-corrected chi connectivity index (χ4v) is 8.59. The maximum atomic E-state index is 14.8. The number of fused-ring (bicyclic) bond motifs is 1. The first-order chi connectivity index (χ1) is 40.6. The third kappa shape index (κ3) is 20.4. The van der Waals surface area contributed by atoms with E-state index < -0.39 is 133 Å². The lowest BCUT2D eigenvalue weighted by atomic mass is 10.0. The molecule has 0 saturated carbocycles. The number of carbonyl (C=O) groups excluding carboxylic acids is 9. The second kappa shape index (κ2) is 31.0. The number of phenols is 2. The number of aromatic hydroxyl groups is 2. The molecule has 0 unspecified atom stereocenters. The van der Waals surface area contributed by atoms with Crippen LogP contribution in [0.25, 0.3) is 10.9 Å². The highest BCUT2D eigenvalue weighted by Crippen LogP contribution is 2.20. The van der Waals surface area contributed by atoms with Crippen LogP contribution in [0.4, 0.5) is 0 Å². The predicted molar refractivity (Wildman–Crippen MR) is 302 cm³/mol. The van der Waals surface area contributed by atoms with Crippen molar-refractivity contribution in [1.29, 1.82) is 0 Å². The van der Waals surface area contributed by atoms with Crippen LogP contribution in [0.1, 0.15) is 41.3 Å². The standard InChI is InChI=1S/C57H65N13O15/c1-31(51(78)70-46(57(84)85)21-34-13-17-38(72)18-14-34)65-54(81)43(19-32-7-3-2-4-8-32)68-56(83)44(22-35-25-60-41-10-6-5-9-39(35)41)69-55(82)42(20-33-11-15-37(71)16-12-33)66-49(75)29-63-53(80)45(24-50(76)77)67-48(74)28-61-47(73)27-62-52(79)40(58)23-36-26-59-30-64-36/h2-18,25-26,30-31,40,42-46,60,71-72H,19-24,27-29,58H2,1H3,(H,59,64)(H,61,73)(H,62,79)(H,63,80)(H,65,81)(H,66,75)(H,67,74)(H,68,83)(H,69,82)(H,70,78)(H,76,77)(H,84,85)/t31-,40-,42-,43-,44-,45-,46-/m0/s1. The summed E-state index contributed by atoms with van der Waals surface area (Å²) in [5.74, 6) is -11.3. The number of nitrogens with one attached hydrogen (secondary N) is 11. The van der Waals surface area contributed by atoms with Gasteiger partial charge in [-0.2, -0.15) is 0 Å². The monoisotopic (exact) mass is 1170 g/mol. The molecule has 0 bridgehead atoms. The van der Waals surface area contributed by atoms with Gasteiger partial charge in [0.1, 0.15) is 47.8 Å². The van der Waals surface area contributed by atoms with Crippen molar-refractivity contribution in [1.82, 2.24) is 62.8 Å². The molecule has 6 rings (SSSR count). The first-order valence-electron chi connectivity index (χ1n) is 26.5. The van der Waals surface area contributed by atoms with Crippen molar-refractivity contribution in [2.24, 2.45) is 5.73 Å². The number of hydrogen-bond acceptors (Lipinski definition) is 15.